The Bertz CT molecular complexity index is 344. The summed E-state index contributed by atoms with van der Waals surface area (Å²) in [7, 11) is 2.00. The van der Waals surface area contributed by atoms with Crippen LogP contribution < -0.4 is 5.32 Å². The van der Waals surface area contributed by atoms with Crippen molar-refractivity contribution in [2.24, 2.45) is 13.0 Å². The fourth-order valence-corrected chi connectivity index (χ4v) is 1.97. The van der Waals surface area contributed by atoms with Crippen molar-refractivity contribution < 1.29 is 4.74 Å². The third kappa shape index (κ3) is 2.41. The van der Waals surface area contributed by atoms with E-state index in [0.29, 0.717) is 12.0 Å². The maximum absolute atomic E-state index is 5.38. The summed E-state index contributed by atoms with van der Waals surface area (Å²) in [6, 6.07) is 0.472. The molecule has 90 valence electrons. The first-order valence-corrected chi connectivity index (χ1v) is 5.84. The van der Waals surface area contributed by atoms with Crippen LogP contribution in [0.3, 0.4) is 0 Å². The van der Waals surface area contributed by atoms with Crippen LogP contribution in [-0.4, -0.2) is 34.0 Å². The van der Waals surface area contributed by atoms with Crippen molar-refractivity contribution in [3.8, 4) is 0 Å². The number of nitrogens with zero attached hydrogens (tertiary/aromatic N) is 3. The lowest BCUT2D eigenvalue weighted by molar-refractivity contribution is 0.178. The maximum Gasteiger partial charge on any atom is 0.146 e. The van der Waals surface area contributed by atoms with Crippen LogP contribution in [0.5, 0.6) is 0 Å². The van der Waals surface area contributed by atoms with Gasteiger partial charge >= 0.3 is 0 Å². The first-order chi connectivity index (χ1) is 7.68. The van der Waals surface area contributed by atoms with E-state index in [-0.39, 0.29) is 0 Å². The van der Waals surface area contributed by atoms with Crippen molar-refractivity contribution >= 4 is 0 Å². The van der Waals surface area contributed by atoms with Gasteiger partial charge in [-0.3, -0.25) is 0 Å². The van der Waals surface area contributed by atoms with Crippen LogP contribution >= 0.6 is 0 Å². The molecule has 2 rings (SSSR count). The second kappa shape index (κ2) is 4.93. The zero-order chi connectivity index (χ0) is 11.5. The lowest BCUT2D eigenvalue weighted by Gasteiger charge is -2.18. The zero-order valence-electron chi connectivity index (χ0n) is 10.2. The molecule has 1 aromatic heterocycles. The minimum absolute atomic E-state index is 0.472. The average molecular weight is 224 g/mol. The largest absolute Gasteiger partial charge is 0.381 e. The molecule has 2 heterocycles. The Labute approximate surface area is 96.2 Å². The summed E-state index contributed by atoms with van der Waals surface area (Å²) in [6.45, 7) is 6.73. The van der Waals surface area contributed by atoms with Gasteiger partial charge in [-0.25, -0.2) is 0 Å². The molecule has 1 saturated heterocycles. The minimum Gasteiger partial charge on any atom is -0.381 e. The monoisotopic (exact) mass is 224 g/mol. The molecule has 1 N–H and O–H groups in total. The molecule has 0 radical (unpaired) electrons. The van der Waals surface area contributed by atoms with Gasteiger partial charge in [0.05, 0.1) is 13.2 Å². The number of ether oxygens (including phenoxy) is 1. The highest BCUT2D eigenvalue weighted by Gasteiger charge is 2.22. The standard InChI is InChI=1S/C11H20N4O/c1-8(10-4-5-16-7-10)12-6-11-14-13-9(2)15(11)3/h8,10,12H,4-7H2,1-3H3. The zero-order valence-corrected chi connectivity index (χ0v) is 10.2. The van der Waals surface area contributed by atoms with E-state index in [1.807, 2.05) is 18.5 Å². The molecule has 0 aliphatic carbocycles. The summed E-state index contributed by atoms with van der Waals surface area (Å²) in [5, 5.41) is 11.7. The van der Waals surface area contributed by atoms with E-state index < -0.39 is 0 Å². The van der Waals surface area contributed by atoms with E-state index in [9.17, 15) is 0 Å². The Balaban J connectivity index is 1.84. The number of rotatable bonds is 4. The third-order valence-corrected chi connectivity index (χ3v) is 3.44. The van der Waals surface area contributed by atoms with E-state index in [1.54, 1.807) is 0 Å². The molecule has 0 saturated carbocycles. The fraction of sp³-hybridized carbons (Fsp3) is 0.818. The first-order valence-electron chi connectivity index (χ1n) is 5.84. The van der Waals surface area contributed by atoms with Gasteiger partial charge in [0.15, 0.2) is 0 Å². The van der Waals surface area contributed by atoms with E-state index >= 15 is 0 Å². The van der Waals surface area contributed by atoms with Crippen molar-refractivity contribution in [3.05, 3.63) is 11.6 Å². The topological polar surface area (TPSA) is 52.0 Å². The highest BCUT2D eigenvalue weighted by Crippen LogP contribution is 2.16. The summed E-state index contributed by atoms with van der Waals surface area (Å²) >= 11 is 0. The predicted molar refractivity (Wildman–Crippen MR) is 61.0 cm³/mol. The summed E-state index contributed by atoms with van der Waals surface area (Å²) in [4.78, 5) is 0. The van der Waals surface area contributed by atoms with Gasteiger partial charge in [-0.1, -0.05) is 0 Å². The highest BCUT2D eigenvalue weighted by atomic mass is 16.5. The van der Waals surface area contributed by atoms with Crippen molar-refractivity contribution in [2.45, 2.75) is 32.9 Å². The molecule has 2 atom stereocenters. The van der Waals surface area contributed by atoms with Crippen LogP contribution in [0.25, 0.3) is 0 Å². The second-order valence-corrected chi connectivity index (χ2v) is 4.52. The summed E-state index contributed by atoms with van der Waals surface area (Å²) < 4.78 is 7.40. The summed E-state index contributed by atoms with van der Waals surface area (Å²) in [5.74, 6) is 2.58. The van der Waals surface area contributed by atoms with Crippen LogP contribution in [0.1, 0.15) is 25.0 Å². The molecule has 16 heavy (non-hydrogen) atoms. The Morgan fingerprint density at radius 1 is 1.56 bits per heavy atom. The van der Waals surface area contributed by atoms with Crippen LogP contribution in [0, 0.1) is 12.8 Å². The molecule has 2 unspecified atom stereocenters. The molecule has 0 bridgehead atoms. The maximum atomic E-state index is 5.38. The van der Waals surface area contributed by atoms with Gasteiger partial charge in [0.2, 0.25) is 0 Å². The quantitative estimate of drug-likeness (QED) is 0.815. The molecule has 5 nitrogen and oxygen atoms in total. The summed E-state index contributed by atoms with van der Waals surface area (Å²) in [5.41, 5.74) is 0. The second-order valence-electron chi connectivity index (χ2n) is 4.52. The molecule has 5 heteroatoms. The van der Waals surface area contributed by atoms with E-state index in [4.69, 9.17) is 4.74 Å². The van der Waals surface area contributed by atoms with Crippen molar-refractivity contribution in [2.75, 3.05) is 13.2 Å². The number of nitrogens with one attached hydrogen (secondary N) is 1. The molecule has 1 fully saturated rings. The number of hydrogen-bond donors (Lipinski definition) is 1. The molecule has 0 spiro atoms. The number of aryl methyl sites for hydroxylation is 1. The fourth-order valence-electron chi connectivity index (χ4n) is 1.97. The Kier molecular flexibility index (Phi) is 3.56. The van der Waals surface area contributed by atoms with Gasteiger partial charge in [-0.2, -0.15) is 0 Å². The normalized spacial score (nSPS) is 22.6. The average Bonchev–Trinajstić information content (AvgIpc) is 2.89. The molecular formula is C11H20N4O. The van der Waals surface area contributed by atoms with E-state index in [1.165, 1.54) is 0 Å². The van der Waals surface area contributed by atoms with Gasteiger partial charge in [0.25, 0.3) is 0 Å². The van der Waals surface area contributed by atoms with Gasteiger partial charge in [0.1, 0.15) is 11.6 Å². The number of hydrogen-bond acceptors (Lipinski definition) is 4. The molecular weight excluding hydrogens is 204 g/mol. The molecule has 0 amide bonds. The third-order valence-electron chi connectivity index (χ3n) is 3.44. The molecule has 1 aliphatic heterocycles. The smallest absolute Gasteiger partial charge is 0.146 e. The highest BCUT2D eigenvalue weighted by molar-refractivity contribution is 4.92. The lowest BCUT2D eigenvalue weighted by atomic mass is 10.0. The Morgan fingerprint density at radius 2 is 2.38 bits per heavy atom. The lowest BCUT2D eigenvalue weighted by Crippen LogP contribution is -2.34. The van der Waals surface area contributed by atoms with Crippen molar-refractivity contribution in [1.82, 2.24) is 20.1 Å². The minimum atomic E-state index is 0.472. The predicted octanol–water partition coefficient (Wildman–Crippen LogP) is 0.638. The van der Waals surface area contributed by atoms with E-state index in [2.05, 4.69) is 22.4 Å². The number of aromatic nitrogens is 3. The van der Waals surface area contributed by atoms with Crippen LogP contribution in [0.2, 0.25) is 0 Å². The van der Waals surface area contributed by atoms with E-state index in [0.717, 1.165) is 37.8 Å². The Hall–Kier alpha value is -0.940. The van der Waals surface area contributed by atoms with Gasteiger partial charge in [-0.05, 0) is 26.2 Å². The van der Waals surface area contributed by atoms with Gasteiger partial charge < -0.3 is 14.6 Å². The van der Waals surface area contributed by atoms with Crippen LogP contribution in [0.4, 0.5) is 0 Å². The van der Waals surface area contributed by atoms with Crippen molar-refractivity contribution in [1.29, 1.82) is 0 Å². The SMILES string of the molecule is Cc1nnc(CNC(C)C2CCOC2)n1C. The van der Waals surface area contributed by atoms with Crippen molar-refractivity contribution in [3.63, 3.8) is 0 Å². The van der Waals surface area contributed by atoms with Gasteiger partial charge in [0, 0.05) is 19.7 Å². The molecule has 1 aliphatic rings. The van der Waals surface area contributed by atoms with Crippen LogP contribution in [0.15, 0.2) is 0 Å². The molecule has 1 aromatic rings. The molecule has 0 aromatic carbocycles. The van der Waals surface area contributed by atoms with Crippen LogP contribution in [-0.2, 0) is 18.3 Å². The summed E-state index contributed by atoms with van der Waals surface area (Å²) in [6.07, 6.45) is 1.16. The van der Waals surface area contributed by atoms with Gasteiger partial charge in [-0.15, -0.1) is 10.2 Å². The first kappa shape index (κ1) is 11.5. The Morgan fingerprint density at radius 3 is 2.94 bits per heavy atom.